The molecule has 0 aromatic heterocycles. The predicted molar refractivity (Wildman–Crippen MR) is 113 cm³/mol. The number of ether oxygens (including phenoxy) is 1. The zero-order valence-electron chi connectivity index (χ0n) is 16.8. The van der Waals surface area contributed by atoms with Gasteiger partial charge in [-0.15, -0.1) is 0 Å². The molecule has 3 heteroatoms. The number of hydrogen-bond donors (Lipinski definition) is 2. The van der Waals surface area contributed by atoms with Crippen molar-refractivity contribution in [2.24, 2.45) is 0 Å². The summed E-state index contributed by atoms with van der Waals surface area (Å²) in [5, 5.41) is 6.85. The Bertz CT molecular complexity index is 750. The fourth-order valence-electron chi connectivity index (χ4n) is 2.88. The third-order valence-electron chi connectivity index (χ3n) is 4.40. The second-order valence-electron chi connectivity index (χ2n) is 6.41. The second-order valence-corrected chi connectivity index (χ2v) is 6.41. The van der Waals surface area contributed by atoms with E-state index < -0.39 is 0 Å². The summed E-state index contributed by atoms with van der Waals surface area (Å²) in [7, 11) is 0. The standard InChI is InChI=1S/C23H32N2O/c1-6-14-26-22-13-12-19(15-18(22)7-2)20-11-10-17(5)21(16-20)25-23(8-3)24-9-4/h8,10-13,15-16,24-25H,6-7,9,14H2,1-5H3/b23-8-. The molecular weight excluding hydrogens is 320 g/mol. The molecule has 2 aromatic carbocycles. The van der Waals surface area contributed by atoms with Gasteiger partial charge in [-0.3, -0.25) is 0 Å². The van der Waals surface area contributed by atoms with Crippen molar-refractivity contribution in [3.05, 3.63) is 59.4 Å². The first-order valence-electron chi connectivity index (χ1n) is 9.66. The lowest BCUT2D eigenvalue weighted by Gasteiger charge is -2.16. The Morgan fingerprint density at radius 2 is 1.77 bits per heavy atom. The lowest BCUT2D eigenvalue weighted by molar-refractivity contribution is 0.314. The van der Waals surface area contributed by atoms with E-state index in [9.17, 15) is 0 Å². The normalized spacial score (nSPS) is 11.3. The molecule has 2 rings (SSSR count). The minimum absolute atomic E-state index is 0.765. The molecule has 0 aliphatic carbocycles. The first-order chi connectivity index (χ1) is 12.6. The van der Waals surface area contributed by atoms with Crippen molar-refractivity contribution in [3.8, 4) is 16.9 Å². The van der Waals surface area contributed by atoms with Gasteiger partial charge in [-0.1, -0.05) is 32.0 Å². The maximum Gasteiger partial charge on any atom is 0.122 e. The van der Waals surface area contributed by atoms with Crippen molar-refractivity contribution in [3.63, 3.8) is 0 Å². The van der Waals surface area contributed by atoms with Crippen LogP contribution in [-0.2, 0) is 6.42 Å². The van der Waals surface area contributed by atoms with Gasteiger partial charge in [0, 0.05) is 12.2 Å². The van der Waals surface area contributed by atoms with Crippen molar-refractivity contribution in [2.75, 3.05) is 18.5 Å². The summed E-state index contributed by atoms with van der Waals surface area (Å²) in [6, 6.07) is 13.1. The monoisotopic (exact) mass is 352 g/mol. The number of rotatable bonds is 9. The summed E-state index contributed by atoms with van der Waals surface area (Å²) in [6.07, 6.45) is 4.05. The number of anilines is 1. The average molecular weight is 353 g/mol. The minimum Gasteiger partial charge on any atom is -0.493 e. The molecule has 2 aromatic rings. The van der Waals surface area contributed by atoms with Gasteiger partial charge < -0.3 is 15.4 Å². The summed E-state index contributed by atoms with van der Waals surface area (Å²) in [5.74, 6) is 2.04. The quantitative estimate of drug-likeness (QED) is 0.590. The van der Waals surface area contributed by atoms with E-state index in [4.69, 9.17) is 4.74 Å². The molecule has 140 valence electrons. The molecule has 0 atom stereocenters. The van der Waals surface area contributed by atoms with Crippen LogP contribution in [0.2, 0.25) is 0 Å². The summed E-state index contributed by atoms with van der Waals surface area (Å²) in [4.78, 5) is 0. The van der Waals surface area contributed by atoms with Crippen LogP contribution in [-0.4, -0.2) is 13.2 Å². The highest BCUT2D eigenvalue weighted by Gasteiger charge is 2.08. The highest BCUT2D eigenvalue weighted by atomic mass is 16.5. The number of aryl methyl sites for hydroxylation is 2. The van der Waals surface area contributed by atoms with Gasteiger partial charge in [-0.05, 0) is 80.1 Å². The Morgan fingerprint density at radius 3 is 2.42 bits per heavy atom. The molecule has 0 aliphatic heterocycles. The van der Waals surface area contributed by atoms with E-state index in [0.29, 0.717) is 0 Å². The van der Waals surface area contributed by atoms with Gasteiger partial charge in [0.25, 0.3) is 0 Å². The molecule has 0 fully saturated rings. The van der Waals surface area contributed by atoms with Crippen molar-refractivity contribution in [1.82, 2.24) is 5.32 Å². The predicted octanol–water partition coefficient (Wildman–Crippen LogP) is 5.90. The molecule has 0 amide bonds. The fourth-order valence-corrected chi connectivity index (χ4v) is 2.88. The molecule has 0 saturated heterocycles. The Morgan fingerprint density at radius 1 is 1.04 bits per heavy atom. The van der Waals surface area contributed by atoms with E-state index in [1.165, 1.54) is 22.3 Å². The molecule has 0 radical (unpaired) electrons. The van der Waals surface area contributed by atoms with Crippen molar-refractivity contribution in [1.29, 1.82) is 0 Å². The number of allylic oxidation sites excluding steroid dienone is 1. The molecule has 0 aliphatic rings. The average Bonchev–Trinajstić information content (AvgIpc) is 2.67. The van der Waals surface area contributed by atoms with Gasteiger partial charge in [-0.2, -0.15) is 0 Å². The van der Waals surface area contributed by atoms with Crippen LogP contribution in [0.3, 0.4) is 0 Å². The smallest absolute Gasteiger partial charge is 0.122 e. The van der Waals surface area contributed by atoms with Crippen LogP contribution in [0.1, 0.15) is 45.2 Å². The first-order valence-corrected chi connectivity index (χ1v) is 9.66. The Kier molecular flexibility index (Phi) is 7.58. The molecule has 0 saturated carbocycles. The summed E-state index contributed by atoms with van der Waals surface area (Å²) < 4.78 is 5.88. The lowest BCUT2D eigenvalue weighted by Crippen LogP contribution is -2.19. The Hall–Kier alpha value is -2.42. The van der Waals surface area contributed by atoms with E-state index in [0.717, 1.165) is 43.3 Å². The Labute approximate surface area is 158 Å². The molecule has 0 unspecified atom stereocenters. The number of benzene rings is 2. The summed E-state index contributed by atoms with van der Waals surface area (Å²) in [5.41, 5.74) is 6.04. The van der Waals surface area contributed by atoms with Crippen LogP contribution >= 0.6 is 0 Å². The van der Waals surface area contributed by atoms with E-state index in [1.54, 1.807) is 0 Å². The van der Waals surface area contributed by atoms with Gasteiger partial charge >= 0.3 is 0 Å². The van der Waals surface area contributed by atoms with Crippen LogP contribution < -0.4 is 15.4 Å². The number of hydrogen-bond acceptors (Lipinski definition) is 3. The van der Waals surface area contributed by atoms with Crippen molar-refractivity contribution in [2.45, 2.75) is 47.5 Å². The van der Waals surface area contributed by atoms with E-state index in [-0.39, 0.29) is 0 Å². The molecule has 0 bridgehead atoms. The fraction of sp³-hybridized carbons (Fsp3) is 0.391. The third kappa shape index (κ3) is 5.04. The van der Waals surface area contributed by atoms with Crippen molar-refractivity contribution >= 4 is 5.69 Å². The third-order valence-corrected chi connectivity index (χ3v) is 4.40. The van der Waals surface area contributed by atoms with Gasteiger partial charge in [0.1, 0.15) is 5.75 Å². The SMILES string of the molecule is C/C=C(/NCC)Nc1cc(-c2ccc(OCCC)c(CC)c2)ccc1C. The van der Waals surface area contributed by atoms with E-state index in [2.05, 4.69) is 80.8 Å². The van der Waals surface area contributed by atoms with Gasteiger partial charge in [0.15, 0.2) is 0 Å². The molecule has 3 nitrogen and oxygen atoms in total. The zero-order valence-corrected chi connectivity index (χ0v) is 16.8. The van der Waals surface area contributed by atoms with Crippen LogP contribution in [0.5, 0.6) is 5.75 Å². The first kappa shape index (κ1) is 19.9. The van der Waals surface area contributed by atoms with E-state index in [1.807, 2.05) is 6.92 Å². The maximum atomic E-state index is 5.88. The van der Waals surface area contributed by atoms with Crippen LogP contribution in [0.4, 0.5) is 5.69 Å². The molecule has 0 spiro atoms. The zero-order chi connectivity index (χ0) is 18.9. The molecule has 2 N–H and O–H groups in total. The number of nitrogens with one attached hydrogen (secondary N) is 2. The highest BCUT2D eigenvalue weighted by molar-refractivity contribution is 5.72. The lowest BCUT2D eigenvalue weighted by atomic mass is 9.99. The highest BCUT2D eigenvalue weighted by Crippen LogP contribution is 2.30. The maximum absolute atomic E-state index is 5.88. The second kappa shape index (κ2) is 9.91. The van der Waals surface area contributed by atoms with Crippen LogP contribution in [0.15, 0.2) is 48.3 Å². The topological polar surface area (TPSA) is 33.3 Å². The van der Waals surface area contributed by atoms with Crippen LogP contribution in [0.25, 0.3) is 11.1 Å². The molecule has 26 heavy (non-hydrogen) atoms. The Balaban J connectivity index is 2.32. The summed E-state index contributed by atoms with van der Waals surface area (Å²) in [6.45, 7) is 12.2. The van der Waals surface area contributed by atoms with Gasteiger partial charge in [-0.25, -0.2) is 0 Å². The largest absolute Gasteiger partial charge is 0.493 e. The molecule has 0 heterocycles. The molecular formula is C23H32N2O. The van der Waals surface area contributed by atoms with Crippen molar-refractivity contribution < 1.29 is 4.74 Å². The summed E-state index contributed by atoms with van der Waals surface area (Å²) >= 11 is 0. The van der Waals surface area contributed by atoms with E-state index >= 15 is 0 Å². The van der Waals surface area contributed by atoms with Crippen LogP contribution in [0, 0.1) is 6.92 Å². The van der Waals surface area contributed by atoms with Gasteiger partial charge in [0.05, 0.1) is 12.4 Å². The minimum atomic E-state index is 0.765. The van der Waals surface area contributed by atoms with Gasteiger partial charge in [0.2, 0.25) is 0 Å².